The maximum atomic E-state index is 5.32. The second-order valence-electron chi connectivity index (χ2n) is 2.25. The van der Waals surface area contributed by atoms with Crippen LogP contribution in [0.25, 0.3) is 0 Å². The lowest BCUT2D eigenvalue weighted by Gasteiger charge is -1.88. The van der Waals surface area contributed by atoms with Crippen molar-refractivity contribution >= 4 is 46.4 Å². The summed E-state index contributed by atoms with van der Waals surface area (Å²) in [4.78, 5) is 10.4. The largest absolute Gasteiger partial charge is 0.372 e. The van der Waals surface area contributed by atoms with Crippen molar-refractivity contribution in [2.45, 2.75) is 6.10 Å². The molecule has 1 unspecified atom stereocenters. The molecular formula is C6H5Cl4N3O. The quantitative estimate of drug-likeness (QED) is 0.584. The Labute approximate surface area is 101 Å². The molecule has 1 fully saturated rings. The van der Waals surface area contributed by atoms with E-state index in [2.05, 4.69) is 15.0 Å². The molecule has 0 N–H and O–H groups in total. The fourth-order valence-electron chi connectivity index (χ4n) is 0.461. The van der Waals surface area contributed by atoms with Crippen molar-refractivity contribution in [3.63, 3.8) is 0 Å². The first-order valence-corrected chi connectivity index (χ1v) is 5.19. The fraction of sp³-hybridized carbons (Fsp3) is 0.500. The predicted molar refractivity (Wildman–Crippen MR) is 55.3 cm³/mol. The Morgan fingerprint density at radius 3 is 1.57 bits per heavy atom. The van der Waals surface area contributed by atoms with E-state index in [0.29, 0.717) is 12.0 Å². The molecule has 0 radical (unpaired) electrons. The first kappa shape index (κ1) is 12.2. The van der Waals surface area contributed by atoms with Gasteiger partial charge in [0.2, 0.25) is 15.9 Å². The topological polar surface area (TPSA) is 51.2 Å². The van der Waals surface area contributed by atoms with Crippen LogP contribution < -0.4 is 0 Å². The van der Waals surface area contributed by atoms with Crippen molar-refractivity contribution in [2.75, 3.05) is 12.5 Å². The summed E-state index contributed by atoms with van der Waals surface area (Å²) in [5.74, 6) is 0.667. The Kier molecular flexibility index (Phi) is 5.12. The lowest BCUT2D eigenvalue weighted by atomic mass is 10.6. The summed E-state index contributed by atoms with van der Waals surface area (Å²) in [7, 11) is 0. The number of rotatable bonds is 1. The van der Waals surface area contributed by atoms with Gasteiger partial charge in [-0.25, -0.2) is 0 Å². The lowest BCUT2D eigenvalue weighted by molar-refractivity contribution is 0.425. The van der Waals surface area contributed by atoms with Crippen LogP contribution in [0.15, 0.2) is 0 Å². The van der Waals surface area contributed by atoms with E-state index in [4.69, 9.17) is 51.1 Å². The van der Waals surface area contributed by atoms with E-state index < -0.39 is 0 Å². The van der Waals surface area contributed by atoms with E-state index in [0.717, 1.165) is 6.61 Å². The maximum absolute atomic E-state index is 5.32. The monoisotopic (exact) mass is 275 g/mol. The molecule has 1 saturated heterocycles. The molecule has 4 nitrogen and oxygen atoms in total. The SMILES string of the molecule is ClCC1CO1.Clc1nc(Cl)nc(Cl)n1. The number of halogens is 4. The first-order chi connectivity index (χ1) is 6.61. The lowest BCUT2D eigenvalue weighted by Crippen LogP contribution is -1.87. The van der Waals surface area contributed by atoms with Crippen molar-refractivity contribution in [1.82, 2.24) is 15.0 Å². The number of aromatic nitrogens is 3. The van der Waals surface area contributed by atoms with Crippen molar-refractivity contribution in [3.8, 4) is 0 Å². The summed E-state index contributed by atoms with van der Waals surface area (Å²) in [6.07, 6.45) is 0.400. The molecular weight excluding hydrogens is 272 g/mol. The van der Waals surface area contributed by atoms with Crippen LogP contribution in [0, 0.1) is 0 Å². The Balaban J connectivity index is 0.000000165. The third-order valence-corrected chi connectivity index (χ3v) is 1.98. The maximum Gasteiger partial charge on any atom is 0.227 e. The van der Waals surface area contributed by atoms with Crippen molar-refractivity contribution in [2.24, 2.45) is 0 Å². The zero-order valence-electron chi connectivity index (χ0n) is 6.75. The van der Waals surface area contributed by atoms with Gasteiger partial charge in [0.15, 0.2) is 0 Å². The van der Waals surface area contributed by atoms with Crippen LogP contribution in [-0.4, -0.2) is 33.5 Å². The molecule has 0 bridgehead atoms. The fourth-order valence-corrected chi connectivity index (χ4v) is 1.25. The second-order valence-corrected chi connectivity index (χ2v) is 3.57. The minimum Gasteiger partial charge on any atom is -0.372 e. The Bertz CT molecular complexity index is 257. The highest BCUT2D eigenvalue weighted by molar-refractivity contribution is 6.33. The number of hydrogen-bond acceptors (Lipinski definition) is 4. The number of hydrogen-bond donors (Lipinski definition) is 0. The smallest absolute Gasteiger partial charge is 0.227 e. The van der Waals surface area contributed by atoms with Crippen molar-refractivity contribution in [3.05, 3.63) is 15.9 Å². The number of alkyl halides is 1. The molecule has 1 aliphatic rings. The molecule has 8 heteroatoms. The average molecular weight is 277 g/mol. The van der Waals surface area contributed by atoms with Gasteiger partial charge in [0.25, 0.3) is 0 Å². The van der Waals surface area contributed by atoms with Gasteiger partial charge in [-0.2, -0.15) is 15.0 Å². The van der Waals surface area contributed by atoms with Gasteiger partial charge in [-0.1, -0.05) is 0 Å². The molecule has 0 amide bonds. The molecule has 0 spiro atoms. The zero-order valence-corrected chi connectivity index (χ0v) is 9.78. The molecule has 2 rings (SSSR count). The molecule has 1 aromatic rings. The van der Waals surface area contributed by atoms with Gasteiger partial charge in [0.1, 0.15) is 0 Å². The summed E-state index contributed by atoms with van der Waals surface area (Å²) in [6.45, 7) is 0.878. The molecule has 2 heterocycles. The van der Waals surface area contributed by atoms with Gasteiger partial charge < -0.3 is 4.74 Å². The van der Waals surface area contributed by atoms with Crippen LogP contribution in [0.5, 0.6) is 0 Å². The molecule has 1 aromatic heterocycles. The molecule has 1 atom stereocenters. The molecule has 0 saturated carbocycles. The van der Waals surface area contributed by atoms with E-state index in [1.165, 1.54) is 0 Å². The summed E-state index contributed by atoms with van der Waals surface area (Å²) in [6, 6.07) is 0. The third-order valence-electron chi connectivity index (χ3n) is 1.13. The Morgan fingerprint density at radius 1 is 1.07 bits per heavy atom. The molecule has 1 aliphatic heterocycles. The third kappa shape index (κ3) is 5.12. The standard InChI is InChI=1S/C3Cl3N3.C3H5ClO/c4-1-7-2(5)9-3(6)8-1;4-1-3-2-5-3/h;3H,1-2H2. The van der Waals surface area contributed by atoms with Crippen LogP contribution >= 0.6 is 46.4 Å². The molecule has 0 aliphatic carbocycles. The highest BCUT2D eigenvalue weighted by atomic mass is 35.5. The first-order valence-electron chi connectivity index (χ1n) is 3.52. The van der Waals surface area contributed by atoms with Crippen molar-refractivity contribution < 1.29 is 4.74 Å². The highest BCUT2D eigenvalue weighted by Crippen LogP contribution is 2.09. The van der Waals surface area contributed by atoms with E-state index in [1.807, 2.05) is 0 Å². The number of epoxide rings is 1. The molecule has 14 heavy (non-hydrogen) atoms. The van der Waals surface area contributed by atoms with Crippen LogP contribution in [0.3, 0.4) is 0 Å². The van der Waals surface area contributed by atoms with Gasteiger partial charge in [-0.05, 0) is 34.8 Å². The number of ether oxygens (including phenoxy) is 1. The summed E-state index contributed by atoms with van der Waals surface area (Å²) >= 11 is 21.2. The van der Waals surface area contributed by atoms with Gasteiger partial charge >= 0.3 is 0 Å². The van der Waals surface area contributed by atoms with Crippen molar-refractivity contribution in [1.29, 1.82) is 0 Å². The summed E-state index contributed by atoms with van der Waals surface area (Å²) < 4.78 is 4.73. The van der Waals surface area contributed by atoms with Gasteiger partial charge in [-0.3, -0.25) is 0 Å². The Morgan fingerprint density at radius 2 is 1.43 bits per heavy atom. The minimum atomic E-state index is 0.000000000000000444. The summed E-state index contributed by atoms with van der Waals surface area (Å²) in [5, 5.41) is 0.00000000000000178. The normalized spacial score (nSPS) is 18.4. The van der Waals surface area contributed by atoms with E-state index in [9.17, 15) is 0 Å². The molecule has 0 aromatic carbocycles. The summed E-state index contributed by atoms with van der Waals surface area (Å²) in [5.41, 5.74) is 0. The van der Waals surface area contributed by atoms with Crippen LogP contribution in [0.2, 0.25) is 15.9 Å². The van der Waals surface area contributed by atoms with Crippen LogP contribution in [0.1, 0.15) is 0 Å². The van der Waals surface area contributed by atoms with Crippen LogP contribution in [0.4, 0.5) is 0 Å². The van der Waals surface area contributed by atoms with Crippen LogP contribution in [-0.2, 0) is 4.74 Å². The second kappa shape index (κ2) is 5.88. The van der Waals surface area contributed by atoms with Gasteiger partial charge in [-0.15, -0.1) is 11.6 Å². The van der Waals surface area contributed by atoms with E-state index in [1.54, 1.807) is 0 Å². The average Bonchev–Trinajstić information content (AvgIpc) is 2.84. The Hall–Kier alpha value is 0.130. The number of nitrogens with zero attached hydrogens (tertiary/aromatic N) is 3. The minimum absolute atomic E-state index is 0.000000000000000444. The van der Waals surface area contributed by atoms with E-state index in [-0.39, 0.29) is 15.9 Å². The highest BCUT2D eigenvalue weighted by Gasteiger charge is 2.19. The zero-order chi connectivity index (χ0) is 10.6. The van der Waals surface area contributed by atoms with Gasteiger partial charge in [0, 0.05) is 0 Å². The predicted octanol–water partition coefficient (Wildman–Crippen LogP) is 2.46. The van der Waals surface area contributed by atoms with E-state index >= 15 is 0 Å². The molecule has 78 valence electrons. The van der Waals surface area contributed by atoms with Gasteiger partial charge in [0.05, 0.1) is 18.6 Å².